The van der Waals surface area contributed by atoms with Crippen LogP contribution in [0.3, 0.4) is 0 Å². The van der Waals surface area contributed by atoms with Crippen LogP contribution in [0.5, 0.6) is 0 Å². The van der Waals surface area contributed by atoms with E-state index in [1.54, 1.807) is 18.5 Å². The molecule has 32 heavy (non-hydrogen) atoms. The van der Waals surface area contributed by atoms with Gasteiger partial charge in [-0.2, -0.15) is 5.10 Å². The second-order valence-electron chi connectivity index (χ2n) is 9.11. The molecule has 0 aromatic carbocycles. The quantitative estimate of drug-likeness (QED) is 0.434. The average molecular weight is 432 g/mol. The number of rotatable bonds is 6. The van der Waals surface area contributed by atoms with Crippen LogP contribution in [-0.4, -0.2) is 54.0 Å². The van der Waals surface area contributed by atoms with E-state index in [1.165, 1.54) is 0 Å². The van der Waals surface area contributed by atoms with Gasteiger partial charge in [0.15, 0.2) is 0 Å². The number of aromatic nitrogens is 5. The molecule has 1 fully saturated rings. The normalized spacial score (nSPS) is 15.3. The summed E-state index contributed by atoms with van der Waals surface area (Å²) in [6.45, 7) is 6.07. The smallest absolute Gasteiger partial charge is 0.137 e. The van der Waals surface area contributed by atoms with Crippen LogP contribution in [0.15, 0.2) is 55.1 Å². The molecular weight excluding hydrogens is 402 g/mol. The molecule has 3 N–H and O–H groups in total. The number of piperidine rings is 1. The van der Waals surface area contributed by atoms with Crippen LogP contribution in [-0.2, 0) is 6.54 Å². The van der Waals surface area contributed by atoms with Crippen molar-refractivity contribution in [1.29, 1.82) is 0 Å². The second-order valence-corrected chi connectivity index (χ2v) is 9.11. The molecule has 0 radical (unpaired) electrons. The summed E-state index contributed by atoms with van der Waals surface area (Å²) in [7, 11) is 0. The molecule has 5 heterocycles. The highest BCUT2D eigenvalue weighted by Gasteiger charge is 2.16. The van der Waals surface area contributed by atoms with Crippen molar-refractivity contribution in [2.45, 2.75) is 44.9 Å². The number of hydrogen-bond acceptors (Lipinski definition) is 6. The fourth-order valence-electron chi connectivity index (χ4n) is 4.17. The van der Waals surface area contributed by atoms with Crippen molar-refractivity contribution < 1.29 is 5.11 Å². The maximum absolute atomic E-state index is 10.1. The fraction of sp³-hybridized carbons (Fsp3) is 0.375. The second kappa shape index (κ2) is 8.37. The van der Waals surface area contributed by atoms with Gasteiger partial charge in [0.1, 0.15) is 11.5 Å². The van der Waals surface area contributed by atoms with E-state index in [2.05, 4.69) is 31.3 Å². The van der Waals surface area contributed by atoms with Crippen molar-refractivity contribution in [3.8, 4) is 22.5 Å². The first kappa shape index (κ1) is 20.7. The van der Waals surface area contributed by atoms with Gasteiger partial charge in [0, 0.05) is 29.6 Å². The third-order valence-corrected chi connectivity index (χ3v) is 5.72. The molecule has 1 saturated heterocycles. The lowest BCUT2D eigenvalue weighted by atomic mass is 10.1. The Labute approximate surface area is 187 Å². The van der Waals surface area contributed by atoms with Gasteiger partial charge in [-0.1, -0.05) is 6.07 Å². The van der Waals surface area contributed by atoms with Crippen LogP contribution in [0, 0.1) is 0 Å². The third kappa shape index (κ3) is 4.51. The molecule has 166 valence electrons. The number of imidazole rings is 1. The first-order chi connectivity index (χ1) is 15.4. The van der Waals surface area contributed by atoms with Crippen LogP contribution in [0.1, 0.15) is 26.7 Å². The summed E-state index contributed by atoms with van der Waals surface area (Å²) in [6.07, 6.45) is 9.92. The van der Waals surface area contributed by atoms with Crippen molar-refractivity contribution in [3.05, 3.63) is 55.1 Å². The number of pyridine rings is 2. The zero-order valence-corrected chi connectivity index (χ0v) is 18.5. The van der Waals surface area contributed by atoms with Gasteiger partial charge in [0.2, 0.25) is 0 Å². The molecule has 0 aliphatic carbocycles. The van der Waals surface area contributed by atoms with E-state index in [-0.39, 0.29) is 0 Å². The largest absolute Gasteiger partial charge is 0.389 e. The molecule has 1 aliphatic heterocycles. The topological polar surface area (TPSA) is 92.3 Å². The monoisotopic (exact) mass is 431 g/mol. The number of anilines is 1. The highest BCUT2D eigenvalue weighted by molar-refractivity contribution is 5.67. The summed E-state index contributed by atoms with van der Waals surface area (Å²) in [6, 6.07) is 10.6. The van der Waals surface area contributed by atoms with Crippen molar-refractivity contribution in [1.82, 2.24) is 29.5 Å². The molecule has 0 spiro atoms. The maximum Gasteiger partial charge on any atom is 0.137 e. The van der Waals surface area contributed by atoms with E-state index in [4.69, 9.17) is 4.98 Å². The van der Waals surface area contributed by atoms with Gasteiger partial charge >= 0.3 is 0 Å². The molecule has 0 bridgehead atoms. The molecule has 1 aliphatic rings. The van der Waals surface area contributed by atoms with Crippen molar-refractivity contribution >= 4 is 11.5 Å². The Morgan fingerprint density at radius 3 is 2.75 bits per heavy atom. The molecule has 8 heteroatoms. The van der Waals surface area contributed by atoms with Crippen LogP contribution in [0.4, 0.5) is 5.82 Å². The average Bonchev–Trinajstić information content (AvgIpc) is 3.40. The van der Waals surface area contributed by atoms with Crippen LogP contribution in [0.25, 0.3) is 28.2 Å². The Morgan fingerprint density at radius 2 is 1.94 bits per heavy atom. The predicted octanol–water partition coefficient (Wildman–Crippen LogP) is 3.19. The predicted molar refractivity (Wildman–Crippen MR) is 125 cm³/mol. The molecule has 0 unspecified atom stereocenters. The van der Waals surface area contributed by atoms with E-state index in [0.29, 0.717) is 12.6 Å². The molecule has 0 saturated carbocycles. The summed E-state index contributed by atoms with van der Waals surface area (Å²) in [4.78, 5) is 9.44. The van der Waals surface area contributed by atoms with Crippen LogP contribution >= 0.6 is 0 Å². The molecule has 8 nitrogen and oxygen atoms in total. The zero-order chi connectivity index (χ0) is 22.1. The minimum atomic E-state index is -0.816. The Kier molecular flexibility index (Phi) is 5.40. The van der Waals surface area contributed by atoms with Gasteiger partial charge in [0.25, 0.3) is 0 Å². The van der Waals surface area contributed by atoms with Gasteiger partial charge in [-0.15, -0.1) is 0 Å². The molecule has 4 aromatic rings. The van der Waals surface area contributed by atoms with Crippen LogP contribution < -0.4 is 10.6 Å². The fourth-order valence-corrected chi connectivity index (χ4v) is 4.17. The van der Waals surface area contributed by atoms with Gasteiger partial charge < -0.3 is 15.7 Å². The summed E-state index contributed by atoms with van der Waals surface area (Å²) >= 11 is 0. The maximum atomic E-state index is 10.1. The van der Waals surface area contributed by atoms with Gasteiger partial charge in [0.05, 0.1) is 35.9 Å². The van der Waals surface area contributed by atoms with E-state index in [1.807, 2.05) is 48.9 Å². The first-order valence-electron chi connectivity index (χ1n) is 11.1. The van der Waals surface area contributed by atoms with Crippen molar-refractivity contribution in [3.63, 3.8) is 0 Å². The van der Waals surface area contributed by atoms with E-state index >= 15 is 0 Å². The Hall–Kier alpha value is -3.23. The molecule has 0 amide bonds. The summed E-state index contributed by atoms with van der Waals surface area (Å²) < 4.78 is 3.84. The number of hydrogen-bond donors (Lipinski definition) is 3. The standard InChI is InChI=1S/C24H29N7O/c1-24(2,32)16-30-14-18(12-27-30)17-6-7-23-26-13-21(31(23)15-17)20-4-3-5-22(29-20)28-19-8-10-25-11-9-19/h3-7,12-15,19,25,32H,8-11,16H2,1-2H3,(H,28,29). The number of nitrogens with one attached hydrogen (secondary N) is 2. The SMILES string of the molecule is CC(C)(O)Cn1cc(-c2ccc3ncc(-c4cccc(NC5CCNCC5)n4)n3c2)cn1. The van der Waals surface area contributed by atoms with Gasteiger partial charge in [-0.25, -0.2) is 9.97 Å². The van der Waals surface area contributed by atoms with Gasteiger partial charge in [-0.3, -0.25) is 9.08 Å². The highest BCUT2D eigenvalue weighted by atomic mass is 16.3. The molecular formula is C24H29N7O. The Bertz CT molecular complexity index is 1210. The van der Waals surface area contributed by atoms with Gasteiger partial charge in [-0.05, 0) is 64.0 Å². The number of aliphatic hydroxyl groups is 1. The highest BCUT2D eigenvalue weighted by Crippen LogP contribution is 2.25. The lowest BCUT2D eigenvalue weighted by molar-refractivity contribution is 0.0577. The number of nitrogens with zero attached hydrogens (tertiary/aromatic N) is 5. The molecule has 0 atom stereocenters. The van der Waals surface area contributed by atoms with E-state index < -0.39 is 5.60 Å². The number of fused-ring (bicyclic) bond motifs is 1. The first-order valence-corrected chi connectivity index (χ1v) is 11.1. The van der Waals surface area contributed by atoms with Crippen LogP contribution in [0.2, 0.25) is 0 Å². The molecule has 4 aromatic heterocycles. The lowest BCUT2D eigenvalue weighted by Crippen LogP contribution is -2.35. The van der Waals surface area contributed by atoms with Crippen molar-refractivity contribution in [2.75, 3.05) is 18.4 Å². The lowest BCUT2D eigenvalue weighted by Gasteiger charge is -2.24. The zero-order valence-electron chi connectivity index (χ0n) is 18.5. The minimum absolute atomic E-state index is 0.437. The van der Waals surface area contributed by atoms with E-state index in [0.717, 1.165) is 59.9 Å². The minimum Gasteiger partial charge on any atom is -0.389 e. The van der Waals surface area contributed by atoms with E-state index in [9.17, 15) is 5.11 Å². The van der Waals surface area contributed by atoms with Crippen molar-refractivity contribution in [2.24, 2.45) is 0 Å². The Morgan fingerprint density at radius 1 is 1.09 bits per heavy atom. The summed E-state index contributed by atoms with van der Waals surface area (Å²) in [5, 5.41) is 21.4. The summed E-state index contributed by atoms with van der Waals surface area (Å²) in [5.74, 6) is 0.897. The summed E-state index contributed by atoms with van der Waals surface area (Å²) in [5.41, 5.74) is 3.90. The molecule has 5 rings (SSSR count). The Balaban J connectivity index is 1.44. The third-order valence-electron chi connectivity index (χ3n) is 5.72.